The highest BCUT2D eigenvalue weighted by Crippen LogP contribution is 2.29. The van der Waals surface area contributed by atoms with Crippen LogP contribution in [0.1, 0.15) is 33.6 Å². The third-order valence-corrected chi connectivity index (χ3v) is 6.33. The number of unbranched alkanes of at least 4 members (excludes halogenated alkanes) is 1. The van der Waals surface area contributed by atoms with E-state index in [0.29, 0.717) is 4.75 Å². The van der Waals surface area contributed by atoms with Crippen LogP contribution in [0.25, 0.3) is 0 Å². The van der Waals surface area contributed by atoms with Gasteiger partial charge in [-0.15, -0.1) is 24.0 Å². The van der Waals surface area contributed by atoms with E-state index in [0.717, 1.165) is 25.6 Å². The summed E-state index contributed by atoms with van der Waals surface area (Å²) >= 11 is 2.07. The van der Waals surface area contributed by atoms with E-state index in [1.165, 1.54) is 57.9 Å². The summed E-state index contributed by atoms with van der Waals surface area (Å²) in [6.07, 6.45) is 2.50. The summed E-state index contributed by atoms with van der Waals surface area (Å²) in [4.78, 5) is 12.1. The van der Waals surface area contributed by atoms with Gasteiger partial charge in [0.05, 0.1) is 0 Å². The smallest absolute Gasteiger partial charge is 0.193 e. The fourth-order valence-corrected chi connectivity index (χ4v) is 4.63. The molecule has 0 atom stereocenters. The number of nitrogens with one attached hydrogen (secondary N) is 1. The van der Waals surface area contributed by atoms with Crippen molar-refractivity contribution in [3.05, 3.63) is 0 Å². The largest absolute Gasteiger partial charge is 0.356 e. The quantitative estimate of drug-likeness (QED) is 0.272. The number of likely N-dealkylation sites (N-methyl/N-ethyl adjacent to an activating group) is 1. The average Bonchev–Trinajstić information content (AvgIpc) is 2.57. The Labute approximate surface area is 176 Å². The number of thioether (sulfide) groups is 1. The molecule has 0 saturated carbocycles. The lowest BCUT2D eigenvalue weighted by Crippen LogP contribution is -2.51. The first kappa shape index (κ1) is 23.3. The number of nitrogens with zero attached hydrogens (tertiary/aromatic N) is 4. The van der Waals surface area contributed by atoms with E-state index in [1.807, 2.05) is 7.05 Å². The molecular weight excluding hydrogens is 445 g/mol. The molecule has 2 aliphatic rings. The maximum atomic E-state index is 4.49. The lowest BCUT2D eigenvalue weighted by molar-refractivity contribution is 0.136. The number of hydrogen-bond acceptors (Lipinski definition) is 4. The van der Waals surface area contributed by atoms with Crippen molar-refractivity contribution >= 4 is 41.7 Å². The summed E-state index contributed by atoms with van der Waals surface area (Å²) in [6, 6.07) is 0. The molecule has 0 radical (unpaired) electrons. The van der Waals surface area contributed by atoms with Gasteiger partial charge in [-0.3, -0.25) is 4.99 Å². The first-order valence-corrected chi connectivity index (χ1v) is 10.6. The lowest BCUT2D eigenvalue weighted by atomic mass is 10.2. The third kappa shape index (κ3) is 8.22. The van der Waals surface area contributed by atoms with Gasteiger partial charge in [0.2, 0.25) is 0 Å². The average molecular weight is 484 g/mol. The molecule has 2 aliphatic heterocycles. The number of halogens is 1. The molecule has 2 rings (SSSR count). The minimum absolute atomic E-state index is 0. The molecule has 7 heteroatoms. The Hall–Kier alpha value is 0.270. The summed E-state index contributed by atoms with van der Waals surface area (Å²) in [6.45, 7) is 17.5. The number of guanidine groups is 1. The molecule has 0 aromatic rings. The van der Waals surface area contributed by atoms with Crippen molar-refractivity contribution in [3.8, 4) is 0 Å². The second kappa shape index (κ2) is 11.9. The number of aliphatic imine (C=N–C) groups is 1. The predicted molar refractivity (Wildman–Crippen MR) is 123 cm³/mol. The molecule has 2 fully saturated rings. The Morgan fingerprint density at radius 1 is 1.08 bits per heavy atom. The summed E-state index contributed by atoms with van der Waals surface area (Å²) < 4.78 is 0.330. The van der Waals surface area contributed by atoms with Crippen LogP contribution in [0.4, 0.5) is 0 Å². The van der Waals surface area contributed by atoms with Crippen LogP contribution in [-0.4, -0.2) is 97.1 Å². The predicted octanol–water partition coefficient (Wildman–Crippen LogP) is 2.42. The van der Waals surface area contributed by atoms with E-state index in [9.17, 15) is 0 Å². The van der Waals surface area contributed by atoms with Crippen LogP contribution >= 0.6 is 35.7 Å². The zero-order valence-corrected chi connectivity index (χ0v) is 19.7. The molecule has 2 heterocycles. The monoisotopic (exact) mass is 483 g/mol. The van der Waals surface area contributed by atoms with E-state index in [-0.39, 0.29) is 24.0 Å². The van der Waals surface area contributed by atoms with Crippen LogP contribution in [0.2, 0.25) is 0 Å². The van der Waals surface area contributed by atoms with Crippen molar-refractivity contribution in [2.75, 3.05) is 71.7 Å². The molecule has 0 spiro atoms. The van der Waals surface area contributed by atoms with Crippen LogP contribution < -0.4 is 5.32 Å². The van der Waals surface area contributed by atoms with Crippen molar-refractivity contribution in [3.63, 3.8) is 0 Å². The molecule has 148 valence electrons. The van der Waals surface area contributed by atoms with Crippen molar-refractivity contribution in [2.24, 2.45) is 4.99 Å². The third-order valence-electron chi connectivity index (χ3n) is 5.03. The Kier molecular flexibility index (Phi) is 11.1. The highest BCUT2D eigenvalue weighted by molar-refractivity contribution is 14.0. The minimum Gasteiger partial charge on any atom is -0.356 e. The van der Waals surface area contributed by atoms with Crippen LogP contribution in [0, 0.1) is 0 Å². The van der Waals surface area contributed by atoms with E-state index in [2.05, 4.69) is 57.5 Å². The lowest BCUT2D eigenvalue weighted by Gasteiger charge is -2.39. The van der Waals surface area contributed by atoms with Gasteiger partial charge < -0.3 is 20.0 Å². The number of hydrogen-bond donors (Lipinski definition) is 1. The Morgan fingerprint density at radius 3 is 2.36 bits per heavy atom. The summed E-state index contributed by atoms with van der Waals surface area (Å²) in [7, 11) is 1.91. The Bertz CT molecular complexity index is 397. The zero-order valence-electron chi connectivity index (χ0n) is 16.6. The first-order valence-electron chi connectivity index (χ1n) is 9.58. The maximum absolute atomic E-state index is 4.49. The van der Waals surface area contributed by atoms with Crippen molar-refractivity contribution in [2.45, 2.75) is 38.4 Å². The van der Waals surface area contributed by atoms with Crippen LogP contribution in [0.3, 0.4) is 0 Å². The van der Waals surface area contributed by atoms with Gasteiger partial charge >= 0.3 is 0 Å². The van der Waals surface area contributed by atoms with Gasteiger partial charge in [-0.25, -0.2) is 0 Å². The number of piperazine rings is 1. The second-order valence-electron chi connectivity index (χ2n) is 7.49. The van der Waals surface area contributed by atoms with Gasteiger partial charge in [0, 0.05) is 63.4 Å². The van der Waals surface area contributed by atoms with Gasteiger partial charge in [-0.2, -0.15) is 11.8 Å². The Morgan fingerprint density at radius 2 is 1.76 bits per heavy atom. The van der Waals surface area contributed by atoms with Crippen LogP contribution in [0.15, 0.2) is 4.99 Å². The molecule has 1 N–H and O–H groups in total. The van der Waals surface area contributed by atoms with Crippen molar-refractivity contribution in [1.29, 1.82) is 0 Å². The van der Waals surface area contributed by atoms with E-state index in [1.54, 1.807) is 0 Å². The summed E-state index contributed by atoms with van der Waals surface area (Å²) in [5, 5.41) is 3.57. The highest BCUT2D eigenvalue weighted by Gasteiger charge is 2.28. The van der Waals surface area contributed by atoms with Crippen LogP contribution in [-0.2, 0) is 0 Å². The summed E-state index contributed by atoms with van der Waals surface area (Å²) in [5.41, 5.74) is 0. The SMILES string of the molecule is CCN1CCN(CCCCNC(=NC)N2CCSC(C)(C)C2)CC1.I. The Balaban J connectivity index is 0.00000312. The van der Waals surface area contributed by atoms with E-state index in [4.69, 9.17) is 0 Å². The van der Waals surface area contributed by atoms with Gasteiger partial charge in [-0.1, -0.05) is 6.92 Å². The molecule has 25 heavy (non-hydrogen) atoms. The molecule has 0 aromatic carbocycles. The molecule has 5 nitrogen and oxygen atoms in total. The van der Waals surface area contributed by atoms with E-state index < -0.39 is 0 Å². The standard InChI is InChI=1S/C18H37N5S.HI/c1-5-21-10-12-22(13-11-21)9-7-6-8-20-17(19-4)23-14-15-24-18(2,3)16-23;/h5-16H2,1-4H3,(H,19,20);1H. The first-order chi connectivity index (χ1) is 11.5. The molecule has 2 saturated heterocycles. The molecule has 0 unspecified atom stereocenters. The minimum atomic E-state index is 0. The van der Waals surface area contributed by atoms with Gasteiger partial charge in [0.25, 0.3) is 0 Å². The van der Waals surface area contributed by atoms with Crippen LogP contribution in [0.5, 0.6) is 0 Å². The van der Waals surface area contributed by atoms with Crippen molar-refractivity contribution in [1.82, 2.24) is 20.0 Å². The molecule has 0 aliphatic carbocycles. The van der Waals surface area contributed by atoms with Crippen molar-refractivity contribution < 1.29 is 0 Å². The fraction of sp³-hybridized carbons (Fsp3) is 0.944. The second-order valence-corrected chi connectivity index (χ2v) is 9.29. The molecule has 0 bridgehead atoms. The molecule has 0 amide bonds. The van der Waals surface area contributed by atoms with Gasteiger partial charge in [0.1, 0.15) is 0 Å². The van der Waals surface area contributed by atoms with E-state index >= 15 is 0 Å². The maximum Gasteiger partial charge on any atom is 0.193 e. The summed E-state index contributed by atoms with van der Waals surface area (Å²) in [5.74, 6) is 2.28. The molecular formula is C18H38IN5S. The topological polar surface area (TPSA) is 34.1 Å². The number of rotatable bonds is 6. The van der Waals surface area contributed by atoms with Gasteiger partial charge in [0.15, 0.2) is 5.96 Å². The fourth-order valence-electron chi connectivity index (χ4n) is 3.52. The molecule has 0 aromatic heterocycles. The normalized spacial score (nSPS) is 22.6. The van der Waals surface area contributed by atoms with Gasteiger partial charge in [-0.05, 0) is 39.8 Å². The zero-order chi connectivity index (χ0) is 17.4. The highest BCUT2D eigenvalue weighted by atomic mass is 127.